The van der Waals surface area contributed by atoms with Crippen LogP contribution < -0.4 is 5.32 Å². The third kappa shape index (κ3) is 4.77. The van der Waals surface area contributed by atoms with Crippen LogP contribution in [0.5, 0.6) is 0 Å². The Bertz CT molecular complexity index is 964. The zero-order valence-electron chi connectivity index (χ0n) is 13.8. The van der Waals surface area contributed by atoms with Crippen LogP contribution in [0.2, 0.25) is 0 Å². The summed E-state index contributed by atoms with van der Waals surface area (Å²) in [5.74, 6) is -1.43. The minimum Gasteiger partial charge on any atom is -0.452 e. The number of carbonyl (C=O) groups is 2. The zero-order chi connectivity index (χ0) is 18.4. The SMILES string of the molecule is O=C(COC(=O)/C=C/c1ccc(F)cc1)Nc1ccc2ccccc2c1. The molecule has 0 aliphatic heterocycles. The highest BCUT2D eigenvalue weighted by atomic mass is 19.1. The second kappa shape index (κ2) is 8.07. The zero-order valence-corrected chi connectivity index (χ0v) is 13.8. The number of ether oxygens (including phenoxy) is 1. The summed E-state index contributed by atoms with van der Waals surface area (Å²) in [7, 11) is 0. The first-order valence-corrected chi connectivity index (χ1v) is 7.99. The number of esters is 1. The largest absolute Gasteiger partial charge is 0.452 e. The molecule has 0 heterocycles. The summed E-state index contributed by atoms with van der Waals surface area (Å²) in [6.07, 6.45) is 2.68. The molecule has 0 spiro atoms. The quantitative estimate of drug-likeness (QED) is 0.555. The van der Waals surface area contributed by atoms with Gasteiger partial charge in [0, 0.05) is 11.8 Å². The number of nitrogens with one attached hydrogen (secondary N) is 1. The van der Waals surface area contributed by atoms with Crippen LogP contribution >= 0.6 is 0 Å². The molecule has 0 aliphatic rings. The van der Waals surface area contributed by atoms with Crippen LogP contribution in [-0.4, -0.2) is 18.5 Å². The lowest BCUT2D eigenvalue weighted by Gasteiger charge is -2.06. The number of hydrogen-bond donors (Lipinski definition) is 1. The average molecular weight is 349 g/mol. The minimum atomic E-state index is -0.650. The Morgan fingerprint density at radius 1 is 0.962 bits per heavy atom. The highest BCUT2D eigenvalue weighted by Gasteiger charge is 2.06. The van der Waals surface area contributed by atoms with E-state index in [1.165, 1.54) is 36.4 Å². The van der Waals surface area contributed by atoms with Gasteiger partial charge in [-0.25, -0.2) is 9.18 Å². The van der Waals surface area contributed by atoms with E-state index in [0.29, 0.717) is 11.3 Å². The maximum absolute atomic E-state index is 12.8. The molecular formula is C21H16FNO3. The Hall–Kier alpha value is -3.47. The molecule has 1 amide bonds. The number of halogens is 1. The Balaban J connectivity index is 1.51. The van der Waals surface area contributed by atoms with Crippen molar-refractivity contribution < 1.29 is 18.7 Å². The van der Waals surface area contributed by atoms with Gasteiger partial charge in [-0.15, -0.1) is 0 Å². The first-order chi connectivity index (χ1) is 12.6. The van der Waals surface area contributed by atoms with E-state index in [1.807, 2.05) is 36.4 Å². The van der Waals surface area contributed by atoms with Gasteiger partial charge in [-0.1, -0.05) is 42.5 Å². The Morgan fingerprint density at radius 3 is 2.46 bits per heavy atom. The summed E-state index contributed by atoms with van der Waals surface area (Å²) < 4.78 is 17.7. The van der Waals surface area contributed by atoms with E-state index in [0.717, 1.165) is 10.8 Å². The molecule has 0 atom stereocenters. The number of rotatable bonds is 5. The molecule has 0 fully saturated rings. The van der Waals surface area contributed by atoms with Gasteiger partial charge in [0.15, 0.2) is 6.61 Å². The van der Waals surface area contributed by atoms with Crippen LogP contribution in [0, 0.1) is 5.82 Å². The first-order valence-electron chi connectivity index (χ1n) is 7.99. The molecule has 26 heavy (non-hydrogen) atoms. The molecule has 1 N–H and O–H groups in total. The predicted molar refractivity (Wildman–Crippen MR) is 99.0 cm³/mol. The van der Waals surface area contributed by atoms with Gasteiger partial charge in [-0.2, -0.15) is 0 Å². The molecule has 0 aliphatic carbocycles. The molecule has 0 bridgehead atoms. The van der Waals surface area contributed by atoms with E-state index in [-0.39, 0.29) is 12.4 Å². The van der Waals surface area contributed by atoms with Crippen LogP contribution in [0.15, 0.2) is 72.8 Å². The van der Waals surface area contributed by atoms with E-state index < -0.39 is 11.9 Å². The van der Waals surface area contributed by atoms with Gasteiger partial charge in [-0.05, 0) is 46.7 Å². The Morgan fingerprint density at radius 2 is 1.69 bits per heavy atom. The summed E-state index contributed by atoms with van der Waals surface area (Å²) in [4.78, 5) is 23.6. The van der Waals surface area contributed by atoms with Gasteiger partial charge >= 0.3 is 5.97 Å². The van der Waals surface area contributed by atoms with Crippen molar-refractivity contribution in [3.8, 4) is 0 Å². The van der Waals surface area contributed by atoms with E-state index in [4.69, 9.17) is 4.74 Å². The van der Waals surface area contributed by atoms with Gasteiger partial charge in [0.05, 0.1) is 0 Å². The third-order valence-electron chi connectivity index (χ3n) is 3.66. The number of carbonyl (C=O) groups excluding carboxylic acids is 2. The van der Waals surface area contributed by atoms with Crippen molar-refractivity contribution in [3.05, 3.63) is 84.2 Å². The predicted octanol–water partition coefficient (Wildman–Crippen LogP) is 4.17. The molecule has 0 saturated carbocycles. The number of amides is 1. The highest BCUT2D eigenvalue weighted by Crippen LogP contribution is 2.18. The number of benzene rings is 3. The van der Waals surface area contributed by atoms with Gasteiger partial charge in [0.2, 0.25) is 0 Å². The fraction of sp³-hybridized carbons (Fsp3) is 0.0476. The van der Waals surface area contributed by atoms with Crippen molar-refractivity contribution in [2.75, 3.05) is 11.9 Å². The van der Waals surface area contributed by atoms with Crippen LogP contribution in [0.25, 0.3) is 16.8 Å². The molecule has 130 valence electrons. The second-order valence-electron chi connectivity index (χ2n) is 5.60. The maximum atomic E-state index is 12.8. The van der Waals surface area contributed by atoms with E-state index in [2.05, 4.69) is 5.32 Å². The molecule has 0 aromatic heterocycles. The van der Waals surface area contributed by atoms with Crippen molar-refractivity contribution in [1.29, 1.82) is 0 Å². The van der Waals surface area contributed by atoms with Gasteiger partial charge in [-0.3, -0.25) is 4.79 Å². The van der Waals surface area contributed by atoms with Crippen molar-refractivity contribution in [2.24, 2.45) is 0 Å². The summed E-state index contributed by atoms with van der Waals surface area (Å²) in [5.41, 5.74) is 1.29. The molecule has 3 aromatic carbocycles. The smallest absolute Gasteiger partial charge is 0.331 e. The fourth-order valence-electron chi connectivity index (χ4n) is 2.39. The van der Waals surface area contributed by atoms with Crippen LogP contribution in [0.3, 0.4) is 0 Å². The highest BCUT2D eigenvalue weighted by molar-refractivity contribution is 5.96. The van der Waals surface area contributed by atoms with Crippen LogP contribution in [-0.2, 0) is 14.3 Å². The molecule has 4 nitrogen and oxygen atoms in total. The normalized spacial score (nSPS) is 10.8. The molecule has 3 rings (SSSR count). The summed E-state index contributed by atoms with van der Waals surface area (Å²) in [5, 5.41) is 4.76. The Kier molecular flexibility index (Phi) is 5.39. The molecule has 3 aromatic rings. The summed E-state index contributed by atoms with van der Waals surface area (Å²) in [6.45, 7) is -0.389. The van der Waals surface area contributed by atoms with Crippen molar-refractivity contribution in [2.45, 2.75) is 0 Å². The molecular weight excluding hydrogens is 333 g/mol. The first kappa shape index (κ1) is 17.4. The van der Waals surface area contributed by atoms with E-state index in [9.17, 15) is 14.0 Å². The third-order valence-corrected chi connectivity index (χ3v) is 3.66. The lowest BCUT2D eigenvalue weighted by molar-refractivity contribution is -0.142. The fourth-order valence-corrected chi connectivity index (χ4v) is 2.39. The van der Waals surface area contributed by atoms with Crippen molar-refractivity contribution in [3.63, 3.8) is 0 Å². The average Bonchev–Trinajstić information content (AvgIpc) is 2.66. The standard InChI is InChI=1S/C21H16FNO3/c22-18-9-5-15(6-10-18)7-12-21(25)26-14-20(24)23-19-11-8-16-3-1-2-4-17(16)13-19/h1-13H,14H2,(H,23,24)/b12-7+. The maximum Gasteiger partial charge on any atom is 0.331 e. The molecule has 0 unspecified atom stereocenters. The van der Waals surface area contributed by atoms with Gasteiger partial charge < -0.3 is 10.1 Å². The minimum absolute atomic E-state index is 0.352. The summed E-state index contributed by atoms with van der Waals surface area (Å²) in [6, 6.07) is 19.0. The monoisotopic (exact) mass is 349 g/mol. The number of anilines is 1. The van der Waals surface area contributed by atoms with Crippen molar-refractivity contribution in [1.82, 2.24) is 0 Å². The van der Waals surface area contributed by atoms with E-state index >= 15 is 0 Å². The molecule has 0 saturated heterocycles. The lowest BCUT2D eigenvalue weighted by Crippen LogP contribution is -2.20. The van der Waals surface area contributed by atoms with Gasteiger partial charge in [0.1, 0.15) is 5.82 Å². The van der Waals surface area contributed by atoms with Crippen LogP contribution in [0.1, 0.15) is 5.56 Å². The molecule has 0 radical (unpaired) electrons. The van der Waals surface area contributed by atoms with E-state index in [1.54, 1.807) is 6.07 Å². The number of hydrogen-bond acceptors (Lipinski definition) is 3. The molecule has 5 heteroatoms. The second-order valence-corrected chi connectivity index (χ2v) is 5.60. The van der Waals surface area contributed by atoms with Crippen LogP contribution in [0.4, 0.5) is 10.1 Å². The summed E-state index contributed by atoms with van der Waals surface area (Å²) >= 11 is 0. The number of fused-ring (bicyclic) bond motifs is 1. The Labute approximate surface area is 149 Å². The topological polar surface area (TPSA) is 55.4 Å². The lowest BCUT2D eigenvalue weighted by atomic mass is 10.1. The van der Waals surface area contributed by atoms with Gasteiger partial charge in [0.25, 0.3) is 5.91 Å². The van der Waals surface area contributed by atoms with Crippen molar-refractivity contribution >= 4 is 34.4 Å².